The number of nitrogens with two attached hydrogens (primary N) is 1. The monoisotopic (exact) mass is 342 g/mol. The van der Waals surface area contributed by atoms with E-state index in [0.717, 1.165) is 0 Å². The van der Waals surface area contributed by atoms with Crippen molar-refractivity contribution in [1.82, 2.24) is 0 Å². The average molecular weight is 344 g/mol. The van der Waals surface area contributed by atoms with Gasteiger partial charge in [-0.05, 0) is 30.3 Å². The van der Waals surface area contributed by atoms with E-state index in [2.05, 4.69) is 21.2 Å². The van der Waals surface area contributed by atoms with Crippen LogP contribution in [0.5, 0.6) is 0 Å². The number of carbonyl (C=O) groups is 1. The number of hydrogen-bond acceptors (Lipinski definition) is 2. The zero-order valence-corrected chi connectivity index (χ0v) is 11.9. The number of nitrogens with one attached hydrogen (secondary N) is 1. The highest BCUT2D eigenvalue weighted by molar-refractivity contribution is 9.10. The minimum atomic E-state index is -0.627. The smallest absolute Gasteiger partial charge is 0.258 e. The maximum atomic E-state index is 13.6. The second kappa shape index (κ2) is 5.59. The molecule has 0 aliphatic heterocycles. The molecule has 1 amide bonds. The minimum Gasteiger partial charge on any atom is -0.397 e. The number of hydrogen-bond donors (Lipinski definition) is 2. The SMILES string of the molecule is Nc1cccc(Cl)c1NC(=O)c1ccc(Br)cc1F. The van der Waals surface area contributed by atoms with E-state index in [1.807, 2.05) is 0 Å². The number of halogens is 3. The lowest BCUT2D eigenvalue weighted by Gasteiger charge is -2.10. The van der Waals surface area contributed by atoms with Crippen molar-refractivity contribution in [3.05, 3.63) is 57.3 Å². The summed E-state index contributed by atoms with van der Waals surface area (Å²) in [6.45, 7) is 0. The lowest BCUT2D eigenvalue weighted by molar-refractivity contribution is 0.102. The van der Waals surface area contributed by atoms with Gasteiger partial charge in [0.1, 0.15) is 5.82 Å². The number of anilines is 2. The minimum absolute atomic E-state index is 0.0810. The van der Waals surface area contributed by atoms with E-state index in [0.29, 0.717) is 15.2 Å². The Morgan fingerprint density at radius 3 is 2.68 bits per heavy atom. The summed E-state index contributed by atoms with van der Waals surface area (Å²) >= 11 is 9.05. The zero-order chi connectivity index (χ0) is 14.0. The summed E-state index contributed by atoms with van der Waals surface area (Å²) in [5.74, 6) is -1.23. The van der Waals surface area contributed by atoms with Crippen LogP contribution in [0.4, 0.5) is 15.8 Å². The molecule has 0 unspecified atom stereocenters. The zero-order valence-electron chi connectivity index (χ0n) is 9.58. The molecule has 98 valence electrons. The van der Waals surface area contributed by atoms with Gasteiger partial charge in [-0.15, -0.1) is 0 Å². The second-order valence-corrected chi connectivity index (χ2v) is 5.11. The molecule has 3 nitrogen and oxygen atoms in total. The molecular formula is C13H9BrClFN2O. The van der Waals surface area contributed by atoms with Crippen LogP contribution in [0.15, 0.2) is 40.9 Å². The maximum Gasteiger partial charge on any atom is 0.258 e. The number of amides is 1. The van der Waals surface area contributed by atoms with Crippen LogP contribution in [0.25, 0.3) is 0 Å². The van der Waals surface area contributed by atoms with Gasteiger partial charge in [-0.25, -0.2) is 4.39 Å². The molecule has 19 heavy (non-hydrogen) atoms. The third kappa shape index (κ3) is 3.05. The van der Waals surface area contributed by atoms with Gasteiger partial charge < -0.3 is 11.1 Å². The van der Waals surface area contributed by atoms with Crippen LogP contribution < -0.4 is 11.1 Å². The molecule has 0 aliphatic rings. The van der Waals surface area contributed by atoms with Gasteiger partial charge in [0.15, 0.2) is 0 Å². The van der Waals surface area contributed by atoms with E-state index in [-0.39, 0.29) is 11.3 Å². The standard InChI is InChI=1S/C13H9BrClFN2O/c14-7-4-5-8(10(16)6-7)13(19)18-12-9(15)2-1-3-11(12)17/h1-6H,17H2,(H,18,19). The molecule has 0 radical (unpaired) electrons. The Hall–Kier alpha value is -1.59. The predicted molar refractivity (Wildman–Crippen MR) is 77.9 cm³/mol. The summed E-state index contributed by atoms with van der Waals surface area (Å²) in [5.41, 5.74) is 6.22. The van der Waals surface area contributed by atoms with Crippen LogP contribution in [0.3, 0.4) is 0 Å². The first-order valence-corrected chi connectivity index (χ1v) is 6.46. The topological polar surface area (TPSA) is 55.1 Å². The Labute approximate surface area is 122 Å². The number of carbonyl (C=O) groups excluding carboxylic acids is 1. The van der Waals surface area contributed by atoms with Crippen molar-refractivity contribution in [1.29, 1.82) is 0 Å². The lowest BCUT2D eigenvalue weighted by Crippen LogP contribution is -2.15. The molecule has 0 bridgehead atoms. The number of rotatable bonds is 2. The van der Waals surface area contributed by atoms with Gasteiger partial charge in [0.25, 0.3) is 5.91 Å². The van der Waals surface area contributed by atoms with E-state index in [9.17, 15) is 9.18 Å². The Balaban J connectivity index is 2.31. The Bertz CT molecular complexity index is 628. The highest BCUT2D eigenvalue weighted by atomic mass is 79.9. The first-order chi connectivity index (χ1) is 8.99. The highest BCUT2D eigenvalue weighted by Crippen LogP contribution is 2.28. The van der Waals surface area contributed by atoms with E-state index < -0.39 is 11.7 Å². The van der Waals surface area contributed by atoms with Crippen molar-refractivity contribution in [2.45, 2.75) is 0 Å². The third-order valence-electron chi connectivity index (χ3n) is 2.46. The fourth-order valence-corrected chi connectivity index (χ4v) is 2.09. The molecule has 0 heterocycles. The Kier molecular flexibility index (Phi) is 4.07. The average Bonchev–Trinajstić information content (AvgIpc) is 2.33. The van der Waals surface area contributed by atoms with Crippen LogP contribution >= 0.6 is 27.5 Å². The van der Waals surface area contributed by atoms with Crippen LogP contribution in [-0.2, 0) is 0 Å². The summed E-state index contributed by atoms with van der Waals surface area (Å²) < 4.78 is 14.2. The molecule has 2 aromatic rings. The first-order valence-electron chi connectivity index (χ1n) is 5.29. The fourth-order valence-electron chi connectivity index (χ4n) is 1.53. The highest BCUT2D eigenvalue weighted by Gasteiger charge is 2.14. The van der Waals surface area contributed by atoms with E-state index in [4.69, 9.17) is 17.3 Å². The van der Waals surface area contributed by atoms with Crippen molar-refractivity contribution in [2.24, 2.45) is 0 Å². The number of benzene rings is 2. The van der Waals surface area contributed by atoms with Gasteiger partial charge in [0.05, 0.1) is 22.0 Å². The van der Waals surface area contributed by atoms with Crippen LogP contribution in [0, 0.1) is 5.82 Å². The van der Waals surface area contributed by atoms with Crippen molar-refractivity contribution in [3.8, 4) is 0 Å². The largest absolute Gasteiger partial charge is 0.397 e. The van der Waals surface area contributed by atoms with Gasteiger partial charge in [0.2, 0.25) is 0 Å². The summed E-state index contributed by atoms with van der Waals surface area (Å²) in [6, 6.07) is 9.01. The molecule has 0 aliphatic carbocycles. The van der Waals surface area contributed by atoms with Crippen molar-refractivity contribution in [2.75, 3.05) is 11.1 Å². The van der Waals surface area contributed by atoms with Gasteiger partial charge in [-0.1, -0.05) is 33.6 Å². The first kappa shape index (κ1) is 13.8. The lowest BCUT2D eigenvalue weighted by atomic mass is 10.2. The van der Waals surface area contributed by atoms with E-state index in [1.165, 1.54) is 12.1 Å². The van der Waals surface area contributed by atoms with E-state index in [1.54, 1.807) is 24.3 Å². The molecule has 0 spiro atoms. The molecule has 0 saturated carbocycles. The molecule has 2 aromatic carbocycles. The molecule has 0 atom stereocenters. The van der Waals surface area contributed by atoms with Crippen LogP contribution in [-0.4, -0.2) is 5.91 Å². The molecule has 6 heteroatoms. The number of nitrogen functional groups attached to an aromatic ring is 1. The quantitative estimate of drug-likeness (QED) is 0.807. The normalized spacial score (nSPS) is 10.3. The molecule has 0 saturated heterocycles. The maximum absolute atomic E-state index is 13.6. The summed E-state index contributed by atoms with van der Waals surface area (Å²) in [7, 11) is 0. The summed E-state index contributed by atoms with van der Waals surface area (Å²) in [6.07, 6.45) is 0. The van der Waals surface area contributed by atoms with Gasteiger partial charge in [-0.3, -0.25) is 4.79 Å². The number of para-hydroxylation sites is 1. The third-order valence-corrected chi connectivity index (χ3v) is 3.27. The van der Waals surface area contributed by atoms with E-state index >= 15 is 0 Å². The van der Waals surface area contributed by atoms with Crippen molar-refractivity contribution in [3.63, 3.8) is 0 Å². The molecule has 0 aromatic heterocycles. The Morgan fingerprint density at radius 2 is 2.05 bits per heavy atom. The van der Waals surface area contributed by atoms with Crippen molar-refractivity contribution >= 4 is 44.8 Å². The molecule has 3 N–H and O–H groups in total. The molecular weight excluding hydrogens is 335 g/mol. The second-order valence-electron chi connectivity index (χ2n) is 3.78. The Morgan fingerprint density at radius 1 is 1.32 bits per heavy atom. The van der Waals surface area contributed by atoms with Gasteiger partial charge in [0, 0.05) is 4.47 Å². The predicted octanol–water partition coefficient (Wildman–Crippen LogP) is 4.08. The van der Waals surface area contributed by atoms with Gasteiger partial charge in [-0.2, -0.15) is 0 Å². The van der Waals surface area contributed by atoms with Gasteiger partial charge >= 0.3 is 0 Å². The fraction of sp³-hybridized carbons (Fsp3) is 0. The summed E-state index contributed by atoms with van der Waals surface area (Å²) in [5, 5.41) is 2.80. The van der Waals surface area contributed by atoms with Crippen molar-refractivity contribution < 1.29 is 9.18 Å². The van der Waals surface area contributed by atoms with Crippen LogP contribution in [0.1, 0.15) is 10.4 Å². The molecule has 0 fully saturated rings. The molecule has 2 rings (SSSR count). The summed E-state index contributed by atoms with van der Waals surface area (Å²) in [4.78, 5) is 12.0. The van der Waals surface area contributed by atoms with Crippen LogP contribution in [0.2, 0.25) is 5.02 Å².